The minimum Gasteiger partial charge on any atom is -0.342 e. The summed E-state index contributed by atoms with van der Waals surface area (Å²) in [6.45, 7) is 5.42. The van der Waals surface area contributed by atoms with Crippen molar-refractivity contribution in [1.82, 2.24) is 24.6 Å². The zero-order valence-corrected chi connectivity index (χ0v) is 17.5. The lowest BCUT2D eigenvalue weighted by Gasteiger charge is -2.25. The molecule has 0 aliphatic heterocycles. The molecule has 1 fully saturated rings. The molecule has 1 aliphatic carbocycles. The van der Waals surface area contributed by atoms with Crippen molar-refractivity contribution in [3.63, 3.8) is 0 Å². The second-order valence-corrected chi connectivity index (χ2v) is 8.13. The molecule has 6 nitrogen and oxygen atoms in total. The molecule has 2 heterocycles. The zero-order valence-electron chi connectivity index (χ0n) is 16.7. The van der Waals surface area contributed by atoms with Gasteiger partial charge in [-0.25, -0.2) is 0 Å². The number of aromatic nitrogens is 4. The fourth-order valence-corrected chi connectivity index (χ4v) is 4.60. The number of carbonyl (C=O) groups is 1. The molecular formula is C22H25N5OS. The van der Waals surface area contributed by atoms with Crippen molar-refractivity contribution < 1.29 is 4.79 Å². The quantitative estimate of drug-likeness (QED) is 0.519. The van der Waals surface area contributed by atoms with E-state index in [1.807, 2.05) is 61.2 Å². The normalized spacial score (nSPS) is 14.6. The standard InChI is InChI=1S/C22H25N5OS/c1-3-26(4-2)21(28)19(16-8-6-5-7-9-16)29-22-25-24-20(27(22)18-10-11-18)17-12-14-23-15-13-17/h5-9,12-15,18-19H,3-4,10-11H2,1-2H3. The van der Waals surface area contributed by atoms with E-state index >= 15 is 0 Å². The Morgan fingerprint density at radius 3 is 2.41 bits per heavy atom. The van der Waals surface area contributed by atoms with Crippen molar-refractivity contribution in [2.75, 3.05) is 13.1 Å². The molecule has 1 aliphatic rings. The van der Waals surface area contributed by atoms with Gasteiger partial charge in [0.1, 0.15) is 5.25 Å². The monoisotopic (exact) mass is 407 g/mol. The van der Waals surface area contributed by atoms with Gasteiger partial charge in [0, 0.05) is 37.1 Å². The summed E-state index contributed by atoms with van der Waals surface area (Å²) in [6.07, 6.45) is 5.77. The Labute approximate surface area is 175 Å². The van der Waals surface area contributed by atoms with Crippen LogP contribution in [0.25, 0.3) is 11.4 Å². The summed E-state index contributed by atoms with van der Waals surface area (Å²) in [5.41, 5.74) is 1.99. The van der Waals surface area contributed by atoms with Crippen LogP contribution in [0.3, 0.4) is 0 Å². The van der Waals surface area contributed by atoms with Crippen LogP contribution in [-0.4, -0.2) is 43.6 Å². The molecule has 4 rings (SSSR count). The zero-order chi connectivity index (χ0) is 20.2. The third kappa shape index (κ3) is 4.19. The molecule has 1 aromatic carbocycles. The van der Waals surface area contributed by atoms with Crippen LogP contribution in [0, 0.1) is 0 Å². The van der Waals surface area contributed by atoms with Gasteiger partial charge in [0.2, 0.25) is 5.91 Å². The number of hydrogen-bond donors (Lipinski definition) is 0. The van der Waals surface area contributed by atoms with E-state index in [-0.39, 0.29) is 11.2 Å². The van der Waals surface area contributed by atoms with Gasteiger partial charge < -0.3 is 4.90 Å². The van der Waals surface area contributed by atoms with Gasteiger partial charge in [-0.2, -0.15) is 0 Å². The van der Waals surface area contributed by atoms with Gasteiger partial charge >= 0.3 is 0 Å². The molecule has 0 radical (unpaired) electrons. The topological polar surface area (TPSA) is 63.9 Å². The van der Waals surface area contributed by atoms with Gasteiger partial charge in [0.25, 0.3) is 0 Å². The van der Waals surface area contributed by atoms with E-state index in [1.54, 1.807) is 12.4 Å². The summed E-state index contributed by atoms with van der Waals surface area (Å²) >= 11 is 1.50. The number of nitrogens with zero attached hydrogens (tertiary/aromatic N) is 5. The van der Waals surface area contributed by atoms with Crippen molar-refractivity contribution in [1.29, 1.82) is 0 Å². The first-order chi connectivity index (χ1) is 14.2. The third-order valence-electron chi connectivity index (χ3n) is 5.14. The maximum absolute atomic E-state index is 13.3. The molecule has 29 heavy (non-hydrogen) atoms. The number of benzene rings is 1. The molecule has 150 valence electrons. The first-order valence-corrected chi connectivity index (χ1v) is 11.0. The summed E-state index contributed by atoms with van der Waals surface area (Å²) < 4.78 is 2.20. The van der Waals surface area contributed by atoms with Gasteiger partial charge in [-0.1, -0.05) is 42.1 Å². The molecule has 2 aromatic heterocycles. The molecule has 3 aromatic rings. The molecular weight excluding hydrogens is 382 g/mol. The largest absolute Gasteiger partial charge is 0.342 e. The number of rotatable bonds is 8. The van der Waals surface area contributed by atoms with Gasteiger partial charge in [-0.15, -0.1) is 10.2 Å². The number of likely N-dealkylation sites (N-methyl/N-ethyl adjacent to an activating group) is 1. The van der Waals surface area contributed by atoms with Crippen molar-refractivity contribution >= 4 is 17.7 Å². The SMILES string of the molecule is CCN(CC)C(=O)C(Sc1nnc(-c2ccncc2)n1C1CC1)c1ccccc1. The Kier molecular flexibility index (Phi) is 5.94. The molecule has 0 spiro atoms. The Morgan fingerprint density at radius 2 is 1.79 bits per heavy atom. The molecule has 1 unspecified atom stereocenters. The van der Waals surface area contributed by atoms with Gasteiger partial charge in [-0.3, -0.25) is 14.3 Å². The van der Waals surface area contributed by atoms with Crippen molar-refractivity contribution in [2.24, 2.45) is 0 Å². The van der Waals surface area contributed by atoms with E-state index in [0.29, 0.717) is 19.1 Å². The average molecular weight is 408 g/mol. The van der Waals surface area contributed by atoms with Gasteiger partial charge in [0.15, 0.2) is 11.0 Å². The lowest BCUT2D eigenvalue weighted by atomic mass is 10.1. The second kappa shape index (κ2) is 8.78. The second-order valence-electron chi connectivity index (χ2n) is 7.06. The Bertz CT molecular complexity index is 952. The Balaban J connectivity index is 1.71. The number of pyridine rings is 1. The molecule has 1 amide bonds. The lowest BCUT2D eigenvalue weighted by Crippen LogP contribution is -2.34. The van der Waals surface area contributed by atoms with Crippen LogP contribution in [0.15, 0.2) is 60.0 Å². The van der Waals surface area contributed by atoms with Crippen LogP contribution in [0.2, 0.25) is 0 Å². The molecule has 0 saturated heterocycles. The minimum atomic E-state index is -0.344. The number of carbonyl (C=O) groups excluding carboxylic acids is 1. The average Bonchev–Trinajstić information content (AvgIpc) is 3.53. The van der Waals surface area contributed by atoms with Crippen LogP contribution < -0.4 is 0 Å². The number of thioether (sulfide) groups is 1. The lowest BCUT2D eigenvalue weighted by molar-refractivity contribution is -0.130. The smallest absolute Gasteiger partial charge is 0.240 e. The Hall–Kier alpha value is -2.67. The molecule has 7 heteroatoms. The summed E-state index contributed by atoms with van der Waals surface area (Å²) in [4.78, 5) is 19.3. The van der Waals surface area contributed by atoms with Gasteiger partial charge in [-0.05, 0) is 44.4 Å². The van der Waals surface area contributed by atoms with Crippen LogP contribution in [0.5, 0.6) is 0 Å². The highest BCUT2D eigenvalue weighted by Crippen LogP contribution is 2.44. The third-order valence-corrected chi connectivity index (χ3v) is 6.34. The van der Waals surface area contributed by atoms with Crippen LogP contribution in [0.4, 0.5) is 0 Å². The predicted molar refractivity (Wildman–Crippen MR) is 114 cm³/mol. The highest BCUT2D eigenvalue weighted by Gasteiger charge is 2.33. The predicted octanol–water partition coefficient (Wildman–Crippen LogP) is 4.38. The maximum atomic E-state index is 13.3. The fourth-order valence-electron chi connectivity index (χ4n) is 3.41. The summed E-state index contributed by atoms with van der Waals surface area (Å²) in [6, 6.07) is 14.3. The van der Waals surface area contributed by atoms with E-state index in [4.69, 9.17) is 0 Å². The van der Waals surface area contributed by atoms with Crippen LogP contribution in [0.1, 0.15) is 43.5 Å². The van der Waals surface area contributed by atoms with Crippen molar-refractivity contribution in [3.8, 4) is 11.4 Å². The molecule has 0 N–H and O–H groups in total. The summed E-state index contributed by atoms with van der Waals surface area (Å²) in [7, 11) is 0. The number of amides is 1. The van der Waals surface area contributed by atoms with E-state index in [2.05, 4.69) is 19.7 Å². The van der Waals surface area contributed by atoms with E-state index in [0.717, 1.165) is 34.9 Å². The van der Waals surface area contributed by atoms with E-state index < -0.39 is 0 Å². The van der Waals surface area contributed by atoms with Crippen molar-refractivity contribution in [3.05, 3.63) is 60.4 Å². The fraction of sp³-hybridized carbons (Fsp3) is 0.364. The van der Waals surface area contributed by atoms with E-state index in [9.17, 15) is 4.79 Å². The first kappa shape index (κ1) is 19.6. The molecule has 1 saturated carbocycles. The highest BCUT2D eigenvalue weighted by atomic mass is 32.2. The Morgan fingerprint density at radius 1 is 1.10 bits per heavy atom. The molecule has 0 bridgehead atoms. The number of hydrogen-bond acceptors (Lipinski definition) is 5. The van der Waals surface area contributed by atoms with Crippen LogP contribution >= 0.6 is 11.8 Å². The van der Waals surface area contributed by atoms with Crippen LogP contribution in [-0.2, 0) is 4.79 Å². The summed E-state index contributed by atoms with van der Waals surface area (Å²) in [5, 5.41) is 9.43. The maximum Gasteiger partial charge on any atom is 0.240 e. The summed E-state index contributed by atoms with van der Waals surface area (Å²) in [5.74, 6) is 0.960. The first-order valence-electron chi connectivity index (χ1n) is 10.1. The van der Waals surface area contributed by atoms with Crippen molar-refractivity contribution in [2.45, 2.75) is 43.1 Å². The van der Waals surface area contributed by atoms with E-state index in [1.165, 1.54) is 11.8 Å². The molecule has 1 atom stereocenters. The minimum absolute atomic E-state index is 0.113. The van der Waals surface area contributed by atoms with Gasteiger partial charge in [0.05, 0.1) is 0 Å². The highest BCUT2D eigenvalue weighted by molar-refractivity contribution is 8.00.